The molecule has 0 aromatic heterocycles. The average molecular weight is 348 g/mol. The van der Waals surface area contributed by atoms with Gasteiger partial charge in [0.1, 0.15) is 0 Å². The molecule has 0 amide bonds. The Morgan fingerprint density at radius 3 is 1.00 bits per heavy atom. The molecule has 0 aromatic rings. The Bertz CT molecular complexity index is 216. The summed E-state index contributed by atoms with van der Waals surface area (Å²) in [6, 6.07) is 0. The van der Waals surface area contributed by atoms with Crippen LogP contribution in [0.4, 0.5) is 0 Å². The Morgan fingerprint density at radius 1 is 0.440 bits per heavy atom. The summed E-state index contributed by atoms with van der Waals surface area (Å²) < 4.78 is 0. The maximum Gasteiger partial charge on any atom is 0.0653 e. The van der Waals surface area contributed by atoms with E-state index in [4.69, 9.17) is 7.85 Å². The van der Waals surface area contributed by atoms with Crippen LogP contribution in [0.5, 0.6) is 0 Å². The van der Waals surface area contributed by atoms with Crippen molar-refractivity contribution in [2.75, 3.05) is 0 Å². The van der Waals surface area contributed by atoms with Crippen molar-refractivity contribution in [1.82, 2.24) is 0 Å². The lowest BCUT2D eigenvalue weighted by Gasteiger charge is -2.21. The third kappa shape index (κ3) is 14.9. The number of rotatable bonds is 19. The van der Waals surface area contributed by atoms with Crippen LogP contribution in [0.3, 0.4) is 0 Å². The minimum atomic E-state index is 0.874. The zero-order valence-corrected chi connectivity index (χ0v) is 18.3. The van der Waals surface area contributed by atoms with Crippen LogP contribution in [0.2, 0.25) is 6.32 Å². The van der Waals surface area contributed by atoms with Gasteiger partial charge in [-0.05, 0) is 17.8 Å². The van der Waals surface area contributed by atoms with Crippen LogP contribution < -0.4 is 0 Å². The highest BCUT2D eigenvalue weighted by atomic mass is 14.2. The summed E-state index contributed by atoms with van der Waals surface area (Å²) in [4.78, 5) is 0. The minimum Gasteiger partial charge on any atom is -0.0887 e. The lowest BCUT2D eigenvalue weighted by molar-refractivity contribution is 0.324. The van der Waals surface area contributed by atoms with Gasteiger partial charge in [-0.2, -0.15) is 0 Å². The van der Waals surface area contributed by atoms with E-state index in [0.29, 0.717) is 0 Å². The molecule has 0 bridgehead atoms. The van der Waals surface area contributed by atoms with Crippen molar-refractivity contribution in [3.8, 4) is 0 Å². The molecule has 0 unspecified atom stereocenters. The molecular weight excluding hydrogens is 299 g/mol. The summed E-state index contributed by atoms with van der Waals surface area (Å²) in [5.41, 5.74) is 0. The molecule has 0 aliphatic carbocycles. The van der Waals surface area contributed by atoms with Crippen LogP contribution >= 0.6 is 0 Å². The van der Waals surface area contributed by atoms with E-state index in [1.165, 1.54) is 103 Å². The highest BCUT2D eigenvalue weighted by Gasteiger charge is 2.13. The first-order valence-electron chi connectivity index (χ1n) is 11.9. The fraction of sp³-hybridized carbons (Fsp3) is 1.00. The third-order valence-electron chi connectivity index (χ3n) is 6.05. The van der Waals surface area contributed by atoms with E-state index < -0.39 is 0 Å². The maximum atomic E-state index is 5.79. The van der Waals surface area contributed by atoms with Crippen molar-refractivity contribution < 1.29 is 0 Å². The number of hydrogen-bond acceptors (Lipinski definition) is 0. The first-order valence-corrected chi connectivity index (χ1v) is 11.9. The van der Waals surface area contributed by atoms with E-state index in [0.717, 1.165) is 24.1 Å². The van der Waals surface area contributed by atoms with Gasteiger partial charge in [-0.15, -0.1) is 0 Å². The molecular formula is C24H49B. The first kappa shape index (κ1) is 25.1. The quantitative estimate of drug-likeness (QED) is 0.205. The predicted molar refractivity (Wildman–Crippen MR) is 118 cm³/mol. The van der Waals surface area contributed by atoms with E-state index in [9.17, 15) is 0 Å². The SMILES string of the molecule is [B]CCCC(CCCC(CCC)CCC)CCCC(CCC)CCC. The van der Waals surface area contributed by atoms with Gasteiger partial charge in [-0.25, -0.2) is 0 Å². The maximum absolute atomic E-state index is 5.79. The van der Waals surface area contributed by atoms with Gasteiger partial charge < -0.3 is 0 Å². The monoisotopic (exact) mass is 348 g/mol. The molecule has 0 spiro atoms. The molecule has 25 heavy (non-hydrogen) atoms. The Hall–Kier alpha value is 0.0649. The first-order chi connectivity index (χ1) is 12.2. The molecule has 0 rings (SSSR count). The van der Waals surface area contributed by atoms with Crippen molar-refractivity contribution in [3.63, 3.8) is 0 Å². The van der Waals surface area contributed by atoms with E-state index in [1.54, 1.807) is 0 Å². The summed E-state index contributed by atoms with van der Waals surface area (Å²) in [6.45, 7) is 9.37. The molecule has 148 valence electrons. The van der Waals surface area contributed by atoms with Crippen LogP contribution in [0.25, 0.3) is 0 Å². The second-order valence-corrected chi connectivity index (χ2v) is 8.55. The summed E-state index contributed by atoms with van der Waals surface area (Å²) in [5.74, 6) is 2.92. The Labute approximate surface area is 162 Å². The van der Waals surface area contributed by atoms with Gasteiger partial charge in [-0.3, -0.25) is 0 Å². The zero-order valence-electron chi connectivity index (χ0n) is 18.3. The van der Waals surface area contributed by atoms with Gasteiger partial charge in [0, 0.05) is 0 Å². The molecule has 0 heterocycles. The Morgan fingerprint density at radius 2 is 0.720 bits per heavy atom. The molecule has 1 heteroatoms. The molecule has 0 aliphatic rings. The summed E-state index contributed by atoms with van der Waals surface area (Å²) in [5, 5.41) is 0. The normalized spacial score (nSPS) is 12.0. The second-order valence-electron chi connectivity index (χ2n) is 8.55. The van der Waals surface area contributed by atoms with Gasteiger partial charge in [0.15, 0.2) is 0 Å². The fourth-order valence-electron chi connectivity index (χ4n) is 4.73. The fourth-order valence-corrected chi connectivity index (χ4v) is 4.73. The topological polar surface area (TPSA) is 0 Å². The largest absolute Gasteiger partial charge is 0.0887 e. The van der Waals surface area contributed by atoms with Crippen molar-refractivity contribution in [2.24, 2.45) is 17.8 Å². The predicted octanol–water partition coefficient (Wildman–Crippen LogP) is 8.74. The molecule has 0 fully saturated rings. The van der Waals surface area contributed by atoms with E-state index in [2.05, 4.69) is 27.7 Å². The lowest BCUT2D eigenvalue weighted by Crippen LogP contribution is -2.06. The summed E-state index contributed by atoms with van der Waals surface area (Å²) in [6.07, 6.45) is 23.4. The number of hydrogen-bond donors (Lipinski definition) is 0. The van der Waals surface area contributed by atoms with Gasteiger partial charge in [-0.1, -0.05) is 137 Å². The highest BCUT2D eigenvalue weighted by Crippen LogP contribution is 2.28. The smallest absolute Gasteiger partial charge is 0.0653 e. The summed E-state index contributed by atoms with van der Waals surface area (Å²) >= 11 is 0. The molecule has 0 aliphatic heterocycles. The van der Waals surface area contributed by atoms with E-state index in [1.807, 2.05) is 0 Å². The van der Waals surface area contributed by atoms with Crippen molar-refractivity contribution in [1.29, 1.82) is 0 Å². The van der Waals surface area contributed by atoms with E-state index >= 15 is 0 Å². The van der Waals surface area contributed by atoms with Crippen LogP contribution in [0, 0.1) is 17.8 Å². The molecule has 0 N–H and O–H groups in total. The van der Waals surface area contributed by atoms with Crippen LogP contribution in [-0.4, -0.2) is 7.85 Å². The minimum absolute atomic E-state index is 0.874. The van der Waals surface area contributed by atoms with Crippen molar-refractivity contribution >= 4 is 7.85 Å². The van der Waals surface area contributed by atoms with Crippen LogP contribution in [-0.2, 0) is 0 Å². The summed E-state index contributed by atoms with van der Waals surface area (Å²) in [7, 11) is 5.79. The molecule has 0 saturated carbocycles. The zero-order chi connectivity index (χ0) is 18.8. The lowest BCUT2D eigenvalue weighted by atomic mass is 9.84. The highest BCUT2D eigenvalue weighted by molar-refractivity contribution is 6.08. The van der Waals surface area contributed by atoms with E-state index in [-0.39, 0.29) is 0 Å². The van der Waals surface area contributed by atoms with Crippen molar-refractivity contribution in [3.05, 3.63) is 0 Å². The van der Waals surface area contributed by atoms with Gasteiger partial charge in [0.05, 0.1) is 7.85 Å². The molecule has 2 radical (unpaired) electrons. The van der Waals surface area contributed by atoms with Gasteiger partial charge in [0.25, 0.3) is 0 Å². The van der Waals surface area contributed by atoms with Crippen molar-refractivity contribution in [2.45, 2.75) is 137 Å². The molecule has 0 aromatic carbocycles. The van der Waals surface area contributed by atoms with Gasteiger partial charge in [0.2, 0.25) is 0 Å². The van der Waals surface area contributed by atoms with Crippen LogP contribution in [0.15, 0.2) is 0 Å². The third-order valence-corrected chi connectivity index (χ3v) is 6.05. The Balaban J connectivity index is 4.16. The standard InChI is InChI=1S/C24H49B/c1-5-12-22(13-6-2)16-9-18-24(20-11-21-25)19-10-17-23(14-7-3)15-8-4/h22-24H,5-21H2,1-4H3. The Kier molecular flexibility index (Phi) is 18.9. The molecule has 0 nitrogen and oxygen atoms in total. The average Bonchev–Trinajstić information content (AvgIpc) is 2.60. The van der Waals surface area contributed by atoms with Gasteiger partial charge >= 0.3 is 0 Å². The van der Waals surface area contributed by atoms with Crippen LogP contribution in [0.1, 0.15) is 130 Å². The molecule has 0 saturated heterocycles. The molecule has 0 atom stereocenters. The second kappa shape index (κ2) is 18.8.